The van der Waals surface area contributed by atoms with Gasteiger partial charge in [0.05, 0.1) is 5.54 Å². The first-order chi connectivity index (χ1) is 6.71. The van der Waals surface area contributed by atoms with Crippen molar-refractivity contribution < 1.29 is 4.79 Å². The van der Waals surface area contributed by atoms with Gasteiger partial charge in [0.1, 0.15) is 0 Å². The minimum Gasteiger partial charge on any atom is -0.368 e. The average molecular weight is 198 g/mol. The fourth-order valence-corrected chi connectivity index (χ4v) is 2.19. The quantitative estimate of drug-likeness (QED) is 0.636. The highest BCUT2D eigenvalue weighted by molar-refractivity contribution is 5.84. The molecule has 1 amide bonds. The number of carbonyl (C=O) groups is 1. The Hall–Kier alpha value is -0.570. The molecular weight excluding hydrogens is 176 g/mol. The largest absolute Gasteiger partial charge is 0.368 e. The van der Waals surface area contributed by atoms with E-state index in [0.29, 0.717) is 0 Å². The minimum absolute atomic E-state index is 0.161. The Morgan fingerprint density at radius 1 is 1.36 bits per heavy atom. The van der Waals surface area contributed by atoms with Crippen LogP contribution in [0.15, 0.2) is 0 Å². The summed E-state index contributed by atoms with van der Waals surface area (Å²) >= 11 is 0. The molecule has 0 saturated heterocycles. The first-order valence-corrected chi connectivity index (χ1v) is 5.76. The van der Waals surface area contributed by atoms with Gasteiger partial charge in [-0.15, -0.1) is 0 Å². The molecule has 0 atom stereocenters. The molecule has 0 spiro atoms. The summed E-state index contributed by atoms with van der Waals surface area (Å²) in [4.78, 5) is 11.3. The predicted molar refractivity (Wildman–Crippen MR) is 57.9 cm³/mol. The van der Waals surface area contributed by atoms with Gasteiger partial charge in [0.15, 0.2) is 0 Å². The summed E-state index contributed by atoms with van der Waals surface area (Å²) in [7, 11) is 0. The summed E-state index contributed by atoms with van der Waals surface area (Å²) in [6, 6.07) is 0. The number of amides is 1. The van der Waals surface area contributed by atoms with Gasteiger partial charge in [0.25, 0.3) is 0 Å². The molecule has 0 radical (unpaired) electrons. The molecule has 0 aromatic carbocycles. The maximum atomic E-state index is 11.3. The highest BCUT2D eigenvalue weighted by Crippen LogP contribution is 2.29. The molecule has 0 aliphatic heterocycles. The lowest BCUT2D eigenvalue weighted by Crippen LogP contribution is -2.53. The number of carbonyl (C=O) groups excluding carboxylic acids is 1. The van der Waals surface area contributed by atoms with Crippen LogP contribution in [0, 0.1) is 0 Å². The Balaban J connectivity index is 2.33. The van der Waals surface area contributed by atoms with Crippen LogP contribution in [0.25, 0.3) is 0 Å². The van der Waals surface area contributed by atoms with Gasteiger partial charge in [-0.1, -0.05) is 32.6 Å². The van der Waals surface area contributed by atoms with Gasteiger partial charge in [-0.3, -0.25) is 4.79 Å². The van der Waals surface area contributed by atoms with E-state index in [0.717, 1.165) is 38.6 Å². The molecule has 3 nitrogen and oxygen atoms in total. The Bertz CT molecular complexity index is 186. The van der Waals surface area contributed by atoms with E-state index in [1.54, 1.807) is 0 Å². The van der Waals surface area contributed by atoms with Crippen molar-refractivity contribution >= 4 is 5.91 Å². The molecule has 1 rings (SSSR count). The third kappa shape index (κ3) is 2.71. The number of hydrogen-bond acceptors (Lipinski definition) is 2. The molecule has 82 valence electrons. The molecule has 0 aromatic rings. The van der Waals surface area contributed by atoms with E-state index >= 15 is 0 Å². The van der Waals surface area contributed by atoms with Crippen molar-refractivity contribution in [2.24, 2.45) is 5.73 Å². The van der Waals surface area contributed by atoms with E-state index in [1.165, 1.54) is 12.8 Å². The molecule has 1 saturated carbocycles. The van der Waals surface area contributed by atoms with Crippen LogP contribution < -0.4 is 11.1 Å². The van der Waals surface area contributed by atoms with Crippen LogP contribution in [0.1, 0.15) is 51.9 Å². The molecule has 3 heteroatoms. The van der Waals surface area contributed by atoms with Crippen LogP contribution in [0.4, 0.5) is 0 Å². The van der Waals surface area contributed by atoms with Crippen molar-refractivity contribution in [3.63, 3.8) is 0 Å². The monoisotopic (exact) mass is 198 g/mol. The summed E-state index contributed by atoms with van der Waals surface area (Å²) in [5.41, 5.74) is 5.08. The van der Waals surface area contributed by atoms with E-state index in [2.05, 4.69) is 12.2 Å². The number of primary amides is 1. The van der Waals surface area contributed by atoms with Gasteiger partial charge in [-0.2, -0.15) is 0 Å². The van der Waals surface area contributed by atoms with E-state index in [9.17, 15) is 4.79 Å². The molecule has 3 N–H and O–H groups in total. The average Bonchev–Trinajstić information content (AvgIpc) is 2.62. The van der Waals surface area contributed by atoms with Gasteiger partial charge in [-0.05, 0) is 25.8 Å². The third-order valence-electron chi connectivity index (χ3n) is 3.17. The number of rotatable bonds is 6. The molecule has 0 heterocycles. The van der Waals surface area contributed by atoms with Gasteiger partial charge in [-0.25, -0.2) is 0 Å². The van der Waals surface area contributed by atoms with Gasteiger partial charge in [0.2, 0.25) is 5.91 Å². The maximum Gasteiger partial charge on any atom is 0.237 e. The molecule has 1 fully saturated rings. The van der Waals surface area contributed by atoms with Crippen molar-refractivity contribution in [2.45, 2.75) is 57.4 Å². The second-order valence-electron chi connectivity index (χ2n) is 4.29. The minimum atomic E-state index is -0.367. The van der Waals surface area contributed by atoms with Crippen molar-refractivity contribution in [3.05, 3.63) is 0 Å². The summed E-state index contributed by atoms with van der Waals surface area (Å²) in [5.74, 6) is -0.161. The lowest BCUT2D eigenvalue weighted by Gasteiger charge is -2.26. The number of nitrogens with one attached hydrogen (secondary N) is 1. The van der Waals surface area contributed by atoms with Crippen LogP contribution in [0.3, 0.4) is 0 Å². The standard InChI is InChI=1S/C11H22N2O/c1-2-3-6-9-13-11(10(12)14)7-4-5-8-11/h13H,2-9H2,1H3,(H2,12,14). The Morgan fingerprint density at radius 3 is 2.50 bits per heavy atom. The first-order valence-electron chi connectivity index (χ1n) is 5.76. The van der Waals surface area contributed by atoms with E-state index in [4.69, 9.17) is 5.73 Å². The second kappa shape index (κ2) is 5.35. The van der Waals surface area contributed by atoms with Crippen LogP contribution in [0.5, 0.6) is 0 Å². The second-order valence-corrected chi connectivity index (χ2v) is 4.29. The zero-order valence-electron chi connectivity index (χ0n) is 9.14. The molecular formula is C11H22N2O. The zero-order chi connectivity index (χ0) is 10.4. The van der Waals surface area contributed by atoms with Crippen molar-refractivity contribution in [2.75, 3.05) is 6.54 Å². The lowest BCUT2D eigenvalue weighted by atomic mass is 9.96. The van der Waals surface area contributed by atoms with Crippen LogP contribution >= 0.6 is 0 Å². The Kier molecular flexibility index (Phi) is 4.39. The topological polar surface area (TPSA) is 55.1 Å². The van der Waals surface area contributed by atoms with Crippen LogP contribution in [-0.4, -0.2) is 18.0 Å². The fraction of sp³-hybridized carbons (Fsp3) is 0.909. The zero-order valence-corrected chi connectivity index (χ0v) is 9.14. The maximum absolute atomic E-state index is 11.3. The van der Waals surface area contributed by atoms with E-state index in [-0.39, 0.29) is 11.4 Å². The summed E-state index contributed by atoms with van der Waals surface area (Å²) in [6.45, 7) is 3.11. The molecule has 0 bridgehead atoms. The van der Waals surface area contributed by atoms with E-state index < -0.39 is 0 Å². The van der Waals surface area contributed by atoms with E-state index in [1.807, 2.05) is 0 Å². The highest BCUT2D eigenvalue weighted by Gasteiger charge is 2.38. The van der Waals surface area contributed by atoms with Gasteiger partial charge < -0.3 is 11.1 Å². The summed E-state index contributed by atoms with van der Waals surface area (Å²) in [5, 5.41) is 3.35. The molecule has 0 aromatic heterocycles. The van der Waals surface area contributed by atoms with Crippen molar-refractivity contribution in [1.29, 1.82) is 0 Å². The molecule has 1 aliphatic rings. The Morgan fingerprint density at radius 2 is 2.00 bits per heavy atom. The van der Waals surface area contributed by atoms with Crippen LogP contribution in [-0.2, 0) is 4.79 Å². The SMILES string of the molecule is CCCCCNC1(C(N)=O)CCCC1. The number of hydrogen-bond donors (Lipinski definition) is 2. The van der Waals surface area contributed by atoms with Crippen molar-refractivity contribution in [1.82, 2.24) is 5.32 Å². The molecule has 1 aliphatic carbocycles. The summed E-state index contributed by atoms with van der Waals surface area (Å²) in [6.07, 6.45) is 7.69. The lowest BCUT2D eigenvalue weighted by molar-refractivity contribution is -0.124. The normalized spacial score (nSPS) is 19.8. The smallest absolute Gasteiger partial charge is 0.237 e. The number of unbranched alkanes of at least 4 members (excludes halogenated alkanes) is 2. The van der Waals surface area contributed by atoms with Gasteiger partial charge in [0, 0.05) is 0 Å². The van der Waals surface area contributed by atoms with Gasteiger partial charge >= 0.3 is 0 Å². The highest BCUT2D eigenvalue weighted by atomic mass is 16.1. The van der Waals surface area contributed by atoms with Crippen LogP contribution in [0.2, 0.25) is 0 Å². The Labute approximate surface area is 86.4 Å². The van der Waals surface area contributed by atoms with Crippen molar-refractivity contribution in [3.8, 4) is 0 Å². The number of nitrogens with two attached hydrogens (primary N) is 1. The third-order valence-corrected chi connectivity index (χ3v) is 3.17. The predicted octanol–water partition coefficient (Wildman–Crippen LogP) is 1.56. The first kappa shape index (κ1) is 11.5. The molecule has 0 unspecified atom stereocenters. The molecule has 14 heavy (non-hydrogen) atoms. The fourth-order valence-electron chi connectivity index (χ4n) is 2.19. The summed E-state index contributed by atoms with van der Waals surface area (Å²) < 4.78 is 0.